The van der Waals surface area contributed by atoms with Gasteiger partial charge in [0, 0.05) is 38.4 Å². The highest BCUT2D eigenvalue weighted by Gasteiger charge is 2.46. The van der Waals surface area contributed by atoms with E-state index in [-0.39, 0.29) is 47.5 Å². The van der Waals surface area contributed by atoms with Gasteiger partial charge in [-0.25, -0.2) is 0 Å². The van der Waals surface area contributed by atoms with Gasteiger partial charge < -0.3 is 23.7 Å². The van der Waals surface area contributed by atoms with Crippen LogP contribution in [0.15, 0.2) is 53.5 Å². The largest absolute Gasteiger partial charge is 0.469 e. The first-order valence-corrected chi connectivity index (χ1v) is 19.0. The summed E-state index contributed by atoms with van der Waals surface area (Å²) in [5, 5.41) is 0. The number of allylic oxidation sites excluding steroid dienone is 2. The molecule has 0 amide bonds. The van der Waals surface area contributed by atoms with Gasteiger partial charge >= 0.3 is 5.97 Å². The summed E-state index contributed by atoms with van der Waals surface area (Å²) < 4.78 is 62.9. The maximum atomic E-state index is 13.6. The number of carbonyl (C=O) groups is 1. The van der Waals surface area contributed by atoms with Gasteiger partial charge in [-0.15, -0.1) is 11.8 Å². The van der Waals surface area contributed by atoms with Crippen molar-refractivity contribution in [3.05, 3.63) is 54.1 Å². The van der Waals surface area contributed by atoms with Crippen molar-refractivity contribution in [1.29, 1.82) is 0 Å². The molecule has 4 rings (SSSR count). The molecule has 0 bridgehead atoms. The first-order chi connectivity index (χ1) is 23.3. The number of rotatable bonds is 17. The molecular formula is C38H54O9S. The van der Waals surface area contributed by atoms with Gasteiger partial charge in [0.1, 0.15) is 0 Å². The fourth-order valence-corrected chi connectivity index (χ4v) is 7.63. The predicted molar refractivity (Wildman–Crippen MR) is 183 cm³/mol. The highest BCUT2D eigenvalue weighted by Crippen LogP contribution is 2.42. The number of hydrogen-bond acceptors (Lipinski definition) is 9. The Bertz CT molecular complexity index is 1330. The first-order valence-electron chi connectivity index (χ1n) is 17.6. The summed E-state index contributed by atoms with van der Waals surface area (Å²) in [6.07, 6.45) is 16.5. The smallest absolute Gasteiger partial charge is 0.305 e. The Labute approximate surface area is 287 Å². The summed E-state index contributed by atoms with van der Waals surface area (Å²) in [5.41, 5.74) is 0.969. The molecule has 2 unspecified atom stereocenters. The van der Waals surface area contributed by atoms with Crippen molar-refractivity contribution in [2.45, 2.75) is 133 Å². The molecule has 0 N–H and O–H groups in total. The fraction of sp³-hybridized carbons (Fsp3) is 0.658. The van der Waals surface area contributed by atoms with Gasteiger partial charge in [0.25, 0.3) is 10.1 Å². The molecule has 3 fully saturated rings. The van der Waals surface area contributed by atoms with Crippen LogP contribution in [0.2, 0.25) is 0 Å². The molecule has 1 aliphatic carbocycles. The lowest BCUT2D eigenvalue weighted by atomic mass is 9.89. The van der Waals surface area contributed by atoms with Crippen molar-refractivity contribution in [3.63, 3.8) is 0 Å². The van der Waals surface area contributed by atoms with Gasteiger partial charge in [0.15, 0.2) is 12.6 Å². The maximum absolute atomic E-state index is 13.6. The average Bonchev–Trinajstić information content (AvgIpc) is 3.40. The second-order valence-electron chi connectivity index (χ2n) is 12.8. The van der Waals surface area contributed by atoms with Crippen molar-refractivity contribution in [2.75, 3.05) is 20.3 Å². The van der Waals surface area contributed by atoms with E-state index in [2.05, 4.69) is 30.1 Å². The van der Waals surface area contributed by atoms with Crippen molar-refractivity contribution in [2.24, 2.45) is 11.8 Å². The van der Waals surface area contributed by atoms with Crippen LogP contribution < -0.4 is 0 Å². The van der Waals surface area contributed by atoms with Crippen molar-refractivity contribution >= 4 is 16.1 Å². The fourth-order valence-electron chi connectivity index (χ4n) is 6.51. The SMILES string of the molecule is CC#CCC[C@@H](C=C[C@@H]1[C@@H](CC=CCCCC(=O)OC)[C@@H](OS(=O)(=O)c2ccc(C)cc2)C[C@H]1OC1CCCCO1)OC1CCCCO1. The third kappa shape index (κ3) is 12.4. The number of benzene rings is 1. The molecule has 1 aromatic carbocycles. The minimum atomic E-state index is -4.03. The number of carbonyl (C=O) groups excluding carboxylic acids is 1. The molecule has 48 heavy (non-hydrogen) atoms. The molecule has 0 aromatic heterocycles. The van der Waals surface area contributed by atoms with Crippen LogP contribution in [0.5, 0.6) is 0 Å². The Balaban J connectivity index is 1.60. The van der Waals surface area contributed by atoms with E-state index in [9.17, 15) is 13.2 Å². The summed E-state index contributed by atoms with van der Waals surface area (Å²) in [6.45, 7) is 5.09. The van der Waals surface area contributed by atoms with E-state index < -0.39 is 16.2 Å². The molecule has 0 spiro atoms. The van der Waals surface area contributed by atoms with E-state index in [0.717, 1.165) is 44.1 Å². The Morgan fingerprint density at radius 1 is 1.02 bits per heavy atom. The Kier molecular flexibility index (Phi) is 16.1. The van der Waals surface area contributed by atoms with E-state index in [1.165, 1.54) is 7.11 Å². The molecule has 7 atom stereocenters. The lowest BCUT2D eigenvalue weighted by Gasteiger charge is -2.30. The third-order valence-corrected chi connectivity index (χ3v) is 10.5. The van der Waals surface area contributed by atoms with Crippen LogP contribution in [0.4, 0.5) is 0 Å². The lowest BCUT2D eigenvalue weighted by Crippen LogP contribution is -2.31. The minimum absolute atomic E-state index is 0.134. The summed E-state index contributed by atoms with van der Waals surface area (Å²) in [5.74, 6) is 5.53. The molecule has 1 aromatic rings. The summed E-state index contributed by atoms with van der Waals surface area (Å²) >= 11 is 0. The molecule has 2 heterocycles. The number of hydrogen-bond donors (Lipinski definition) is 0. The highest BCUT2D eigenvalue weighted by molar-refractivity contribution is 7.86. The summed E-state index contributed by atoms with van der Waals surface area (Å²) in [6, 6.07) is 6.73. The zero-order valence-electron chi connectivity index (χ0n) is 28.8. The van der Waals surface area contributed by atoms with Crippen LogP contribution >= 0.6 is 0 Å². The van der Waals surface area contributed by atoms with E-state index in [1.807, 2.05) is 19.9 Å². The predicted octanol–water partition coefficient (Wildman–Crippen LogP) is 7.18. The Morgan fingerprint density at radius 3 is 2.42 bits per heavy atom. The summed E-state index contributed by atoms with van der Waals surface area (Å²) in [4.78, 5) is 11.7. The van der Waals surface area contributed by atoms with Gasteiger partial charge in [0.2, 0.25) is 0 Å². The number of aryl methyl sites for hydroxylation is 1. The van der Waals surface area contributed by atoms with E-state index in [0.29, 0.717) is 58.2 Å². The second-order valence-corrected chi connectivity index (χ2v) is 14.4. The van der Waals surface area contributed by atoms with E-state index in [4.69, 9.17) is 27.9 Å². The van der Waals surface area contributed by atoms with Gasteiger partial charge in [-0.3, -0.25) is 8.98 Å². The molecule has 1 saturated carbocycles. The van der Waals surface area contributed by atoms with Crippen molar-refractivity contribution < 1.29 is 41.1 Å². The summed E-state index contributed by atoms with van der Waals surface area (Å²) in [7, 11) is -2.64. The molecule has 10 heteroatoms. The normalized spacial score (nSPS) is 27.1. The monoisotopic (exact) mass is 686 g/mol. The second kappa shape index (κ2) is 20.2. The van der Waals surface area contributed by atoms with Gasteiger partial charge in [0.05, 0.1) is 30.3 Å². The standard InChI is InChI=1S/C38H54O9S/c1-4-5-8-15-30(45-37-18-11-13-26-43-37)22-25-33-32(16-9-6-7-10-17-36(39)42-3)35(28-34(33)46-38-19-12-14-27-44-38)47-48(40,41)31-23-20-29(2)21-24-31/h6,9,20-25,30,32-35,37-38H,7-8,10-19,26-28H2,1-3H3/t30-,32+,33+,34+,35-,37?,38?/m0/s1. The molecular weight excluding hydrogens is 632 g/mol. The molecule has 266 valence electrons. The van der Waals surface area contributed by atoms with Gasteiger partial charge in [-0.1, -0.05) is 42.0 Å². The Morgan fingerprint density at radius 2 is 1.75 bits per heavy atom. The Hall–Kier alpha value is -2.52. The number of esters is 1. The number of ether oxygens (including phenoxy) is 5. The van der Waals surface area contributed by atoms with E-state index in [1.54, 1.807) is 24.3 Å². The van der Waals surface area contributed by atoms with Crippen LogP contribution in [-0.4, -0.2) is 65.6 Å². The van der Waals surface area contributed by atoms with Gasteiger partial charge in [-0.2, -0.15) is 8.42 Å². The zero-order valence-corrected chi connectivity index (χ0v) is 29.7. The number of unbranched alkanes of at least 4 members (excludes halogenated alkanes) is 1. The zero-order chi connectivity index (χ0) is 34.2. The van der Waals surface area contributed by atoms with Gasteiger partial charge in [-0.05, 0) is 96.1 Å². The van der Waals surface area contributed by atoms with Crippen LogP contribution in [0.3, 0.4) is 0 Å². The lowest BCUT2D eigenvalue weighted by molar-refractivity contribution is -0.193. The molecule has 3 aliphatic rings. The van der Waals surface area contributed by atoms with Crippen molar-refractivity contribution in [1.82, 2.24) is 0 Å². The van der Waals surface area contributed by atoms with Crippen LogP contribution in [0.25, 0.3) is 0 Å². The number of methoxy groups -OCH3 is 1. The molecule has 2 saturated heterocycles. The third-order valence-electron chi connectivity index (χ3n) is 9.19. The molecule has 0 radical (unpaired) electrons. The molecule has 9 nitrogen and oxygen atoms in total. The van der Waals surface area contributed by atoms with Crippen LogP contribution in [-0.2, 0) is 42.8 Å². The minimum Gasteiger partial charge on any atom is -0.469 e. The average molecular weight is 687 g/mol. The van der Waals surface area contributed by atoms with Crippen LogP contribution in [0.1, 0.15) is 96.0 Å². The molecule has 2 aliphatic heterocycles. The highest BCUT2D eigenvalue weighted by atomic mass is 32.2. The topological polar surface area (TPSA) is 107 Å². The van der Waals surface area contributed by atoms with E-state index >= 15 is 0 Å². The first kappa shape index (κ1) is 38.3. The van der Waals surface area contributed by atoms with Crippen molar-refractivity contribution in [3.8, 4) is 11.8 Å². The van der Waals surface area contributed by atoms with Crippen LogP contribution in [0, 0.1) is 30.6 Å². The maximum Gasteiger partial charge on any atom is 0.305 e. The quantitative estimate of drug-likeness (QED) is 0.0554.